The predicted octanol–water partition coefficient (Wildman–Crippen LogP) is 0.812. The Kier molecular flexibility index (Phi) is 5.37. The van der Waals surface area contributed by atoms with Gasteiger partial charge in [-0.25, -0.2) is 4.98 Å². The number of carbonyl (C=O) groups is 1. The molecule has 0 bridgehead atoms. The highest BCUT2D eigenvalue weighted by Gasteiger charge is 2.34. The van der Waals surface area contributed by atoms with Crippen LogP contribution in [0.15, 0.2) is 47.5 Å². The van der Waals surface area contributed by atoms with Gasteiger partial charge in [0.1, 0.15) is 5.82 Å². The van der Waals surface area contributed by atoms with Crippen LogP contribution >= 0.6 is 0 Å². The van der Waals surface area contributed by atoms with Crippen LogP contribution in [0, 0.1) is 0 Å². The number of piperidine rings is 1. The van der Waals surface area contributed by atoms with E-state index in [-0.39, 0.29) is 23.8 Å². The molecule has 1 aromatic heterocycles. The van der Waals surface area contributed by atoms with Crippen LogP contribution in [0.5, 0.6) is 0 Å². The molecule has 138 valence electrons. The molecule has 0 unspecified atom stereocenters. The number of carbonyl (C=O) groups excluding carboxylic acids is 1. The summed E-state index contributed by atoms with van der Waals surface area (Å²) in [6, 6.07) is 11.2. The number of aromatic nitrogens is 2. The van der Waals surface area contributed by atoms with Gasteiger partial charge in [0, 0.05) is 25.6 Å². The first-order valence-corrected chi connectivity index (χ1v) is 8.81. The molecule has 3 N–H and O–H groups in total. The van der Waals surface area contributed by atoms with Crippen molar-refractivity contribution in [2.24, 2.45) is 0 Å². The van der Waals surface area contributed by atoms with E-state index in [9.17, 15) is 14.7 Å². The van der Waals surface area contributed by atoms with Crippen molar-refractivity contribution in [3.63, 3.8) is 0 Å². The number of anilines is 1. The minimum absolute atomic E-state index is 0.0993. The zero-order valence-electron chi connectivity index (χ0n) is 14.7. The summed E-state index contributed by atoms with van der Waals surface area (Å²) in [6.07, 6.45) is 3.39. The Labute approximate surface area is 152 Å². The third-order valence-corrected chi connectivity index (χ3v) is 4.88. The van der Waals surface area contributed by atoms with Crippen molar-refractivity contribution < 1.29 is 9.90 Å². The van der Waals surface area contributed by atoms with Crippen molar-refractivity contribution in [2.45, 2.75) is 37.8 Å². The van der Waals surface area contributed by atoms with E-state index in [4.69, 9.17) is 5.73 Å². The van der Waals surface area contributed by atoms with Crippen LogP contribution < -0.4 is 11.3 Å². The number of nitrogen functional groups attached to an aromatic ring is 1. The second-order valence-corrected chi connectivity index (χ2v) is 6.87. The Bertz CT molecular complexity index is 811. The Morgan fingerprint density at radius 1 is 1.23 bits per heavy atom. The van der Waals surface area contributed by atoms with Crippen LogP contribution in [0.4, 0.5) is 5.82 Å². The van der Waals surface area contributed by atoms with Crippen molar-refractivity contribution >= 4 is 11.7 Å². The Balaban J connectivity index is 1.52. The summed E-state index contributed by atoms with van der Waals surface area (Å²) in [5.74, 6) is 0.263. The summed E-state index contributed by atoms with van der Waals surface area (Å²) in [6.45, 7) is 1.13. The Morgan fingerprint density at radius 3 is 2.58 bits per heavy atom. The van der Waals surface area contributed by atoms with Gasteiger partial charge in [-0.3, -0.25) is 14.2 Å². The fourth-order valence-corrected chi connectivity index (χ4v) is 3.26. The number of amides is 1. The van der Waals surface area contributed by atoms with E-state index >= 15 is 0 Å². The summed E-state index contributed by atoms with van der Waals surface area (Å²) in [5, 5.41) is 10.8. The van der Waals surface area contributed by atoms with Gasteiger partial charge in [0.2, 0.25) is 5.91 Å². The number of aryl methyl sites for hydroxylation is 1. The molecule has 1 aliphatic rings. The molecular formula is C19H24N4O3. The van der Waals surface area contributed by atoms with E-state index in [0.29, 0.717) is 38.8 Å². The number of hydrogen-bond acceptors (Lipinski definition) is 5. The number of rotatable bonds is 5. The van der Waals surface area contributed by atoms with Crippen LogP contribution in [0.25, 0.3) is 0 Å². The normalized spacial score (nSPS) is 16.4. The standard InChI is InChI=1S/C19H24N4O3/c20-16-12-18(25)23(14-21-16)13-19(26)8-10-22(11-9-19)17(24)7-6-15-4-2-1-3-5-15/h1-5,12,14,26H,6-11,13,20H2. The van der Waals surface area contributed by atoms with Crippen molar-refractivity contribution in [3.8, 4) is 0 Å². The largest absolute Gasteiger partial charge is 0.388 e. The summed E-state index contributed by atoms with van der Waals surface area (Å²) in [4.78, 5) is 30.0. The highest BCUT2D eigenvalue weighted by molar-refractivity contribution is 5.76. The van der Waals surface area contributed by atoms with Crippen LogP contribution in [-0.4, -0.2) is 44.2 Å². The minimum atomic E-state index is -1.02. The highest BCUT2D eigenvalue weighted by atomic mass is 16.3. The molecule has 1 aromatic carbocycles. The topological polar surface area (TPSA) is 101 Å². The number of nitrogens with two attached hydrogens (primary N) is 1. The van der Waals surface area contributed by atoms with E-state index in [1.807, 2.05) is 30.3 Å². The van der Waals surface area contributed by atoms with Gasteiger partial charge >= 0.3 is 0 Å². The van der Waals surface area contributed by atoms with Crippen molar-refractivity contribution in [2.75, 3.05) is 18.8 Å². The Hall–Kier alpha value is -2.67. The molecule has 3 rings (SSSR count). The van der Waals surface area contributed by atoms with Gasteiger partial charge in [-0.1, -0.05) is 30.3 Å². The van der Waals surface area contributed by atoms with Gasteiger partial charge in [0.25, 0.3) is 5.56 Å². The quantitative estimate of drug-likeness (QED) is 0.826. The molecule has 1 amide bonds. The summed E-state index contributed by atoms with van der Waals surface area (Å²) >= 11 is 0. The van der Waals surface area contributed by atoms with Gasteiger partial charge < -0.3 is 15.7 Å². The first kappa shape index (κ1) is 18.1. The van der Waals surface area contributed by atoms with Crippen LogP contribution in [0.1, 0.15) is 24.8 Å². The lowest BCUT2D eigenvalue weighted by Crippen LogP contribution is -2.49. The van der Waals surface area contributed by atoms with Gasteiger partial charge in [-0.2, -0.15) is 0 Å². The first-order chi connectivity index (χ1) is 12.5. The zero-order valence-corrected chi connectivity index (χ0v) is 14.7. The average molecular weight is 356 g/mol. The summed E-state index contributed by atoms with van der Waals surface area (Å²) in [7, 11) is 0. The molecular weight excluding hydrogens is 332 g/mol. The van der Waals surface area contributed by atoms with Crippen LogP contribution in [0.2, 0.25) is 0 Å². The lowest BCUT2D eigenvalue weighted by molar-refractivity contribution is -0.135. The predicted molar refractivity (Wildman–Crippen MR) is 98.4 cm³/mol. The number of hydrogen-bond donors (Lipinski definition) is 2. The van der Waals surface area contributed by atoms with Crippen molar-refractivity contribution in [3.05, 3.63) is 58.6 Å². The highest BCUT2D eigenvalue weighted by Crippen LogP contribution is 2.24. The maximum Gasteiger partial charge on any atom is 0.255 e. The molecule has 7 nitrogen and oxygen atoms in total. The van der Waals surface area contributed by atoms with Crippen molar-refractivity contribution in [1.29, 1.82) is 0 Å². The fourth-order valence-electron chi connectivity index (χ4n) is 3.26. The second-order valence-electron chi connectivity index (χ2n) is 6.87. The summed E-state index contributed by atoms with van der Waals surface area (Å²) in [5.41, 5.74) is 5.33. The smallest absolute Gasteiger partial charge is 0.255 e. The minimum Gasteiger partial charge on any atom is -0.388 e. The second kappa shape index (κ2) is 7.70. The first-order valence-electron chi connectivity index (χ1n) is 8.81. The average Bonchev–Trinajstić information content (AvgIpc) is 2.63. The third-order valence-electron chi connectivity index (χ3n) is 4.88. The molecule has 26 heavy (non-hydrogen) atoms. The van der Waals surface area contributed by atoms with E-state index < -0.39 is 5.60 Å². The molecule has 0 spiro atoms. The number of aliphatic hydroxyl groups is 1. The van der Waals surface area contributed by atoms with E-state index in [0.717, 1.165) is 5.56 Å². The zero-order chi connectivity index (χ0) is 18.6. The molecule has 0 aliphatic carbocycles. The van der Waals surface area contributed by atoms with Gasteiger partial charge in [-0.05, 0) is 24.8 Å². The molecule has 1 aliphatic heterocycles. The summed E-state index contributed by atoms with van der Waals surface area (Å²) < 4.78 is 1.36. The van der Waals surface area contributed by atoms with Gasteiger partial charge in [0.05, 0.1) is 18.5 Å². The van der Waals surface area contributed by atoms with Crippen molar-refractivity contribution in [1.82, 2.24) is 14.5 Å². The fraction of sp³-hybridized carbons (Fsp3) is 0.421. The molecule has 0 atom stereocenters. The number of nitrogens with zero attached hydrogens (tertiary/aromatic N) is 3. The molecule has 1 saturated heterocycles. The van der Waals surface area contributed by atoms with E-state index in [1.165, 1.54) is 17.0 Å². The number of benzene rings is 1. The SMILES string of the molecule is Nc1cc(=O)n(CC2(O)CCN(C(=O)CCc3ccccc3)CC2)cn1. The van der Waals surface area contributed by atoms with Crippen LogP contribution in [-0.2, 0) is 17.8 Å². The number of likely N-dealkylation sites (tertiary alicyclic amines) is 1. The third kappa shape index (κ3) is 4.49. The maximum atomic E-state index is 12.4. The molecule has 0 saturated carbocycles. The molecule has 7 heteroatoms. The van der Waals surface area contributed by atoms with E-state index in [2.05, 4.69) is 4.98 Å². The molecule has 2 heterocycles. The lowest BCUT2D eigenvalue weighted by atomic mass is 9.91. The monoisotopic (exact) mass is 356 g/mol. The van der Waals surface area contributed by atoms with Gasteiger partial charge in [0.15, 0.2) is 0 Å². The maximum absolute atomic E-state index is 12.4. The van der Waals surface area contributed by atoms with Crippen LogP contribution in [0.3, 0.4) is 0 Å². The lowest BCUT2D eigenvalue weighted by Gasteiger charge is -2.38. The Morgan fingerprint density at radius 2 is 1.92 bits per heavy atom. The molecule has 2 aromatic rings. The van der Waals surface area contributed by atoms with Gasteiger partial charge in [-0.15, -0.1) is 0 Å². The molecule has 0 radical (unpaired) electrons. The van der Waals surface area contributed by atoms with E-state index in [1.54, 1.807) is 4.90 Å². The molecule has 1 fully saturated rings.